The summed E-state index contributed by atoms with van der Waals surface area (Å²) in [5.41, 5.74) is 2.40. The fourth-order valence-electron chi connectivity index (χ4n) is 2.96. The highest BCUT2D eigenvalue weighted by molar-refractivity contribution is 7.92. The number of hydrogen-bond acceptors (Lipinski definition) is 6. The lowest BCUT2D eigenvalue weighted by molar-refractivity contribution is -0.117. The van der Waals surface area contributed by atoms with Gasteiger partial charge in [-0.15, -0.1) is 0 Å². The number of sulfonamides is 1. The molecule has 0 saturated heterocycles. The summed E-state index contributed by atoms with van der Waals surface area (Å²) >= 11 is 0. The maximum Gasteiger partial charge on any atom is 0.261 e. The molecule has 1 aliphatic heterocycles. The molecule has 8 nitrogen and oxygen atoms in total. The van der Waals surface area contributed by atoms with Crippen molar-refractivity contribution in [1.82, 2.24) is 10.1 Å². The normalized spacial score (nSPS) is 13.7. The topological polar surface area (TPSA) is 105 Å². The van der Waals surface area contributed by atoms with Gasteiger partial charge in [0.05, 0.1) is 11.3 Å². The molecular weight excluding hydrogens is 368 g/mol. The fourth-order valence-corrected chi connectivity index (χ4v) is 4.06. The van der Waals surface area contributed by atoms with Gasteiger partial charge in [-0.2, -0.15) is 4.98 Å². The number of likely N-dealkylation sites (N-methyl/N-ethyl adjacent to an activating group) is 1. The van der Waals surface area contributed by atoms with E-state index in [4.69, 9.17) is 4.52 Å². The summed E-state index contributed by atoms with van der Waals surface area (Å²) in [6.45, 7) is 1.70. The van der Waals surface area contributed by atoms with E-state index in [-0.39, 0.29) is 17.2 Å². The van der Waals surface area contributed by atoms with Crippen molar-refractivity contribution in [2.45, 2.75) is 18.2 Å². The van der Waals surface area contributed by atoms with Crippen LogP contribution in [-0.2, 0) is 21.2 Å². The first kappa shape index (κ1) is 17.2. The Kier molecular flexibility index (Phi) is 3.96. The first-order chi connectivity index (χ1) is 12.8. The predicted octanol–water partition coefficient (Wildman–Crippen LogP) is 2.36. The van der Waals surface area contributed by atoms with E-state index < -0.39 is 10.0 Å². The highest BCUT2D eigenvalue weighted by Crippen LogP contribution is 2.30. The number of aromatic nitrogens is 2. The highest BCUT2D eigenvalue weighted by atomic mass is 32.2. The summed E-state index contributed by atoms with van der Waals surface area (Å²) in [5, 5.41) is 3.73. The standard InChI is InChI=1S/C18H16N4O4S/c1-11-19-18(26-20-11)12-4-3-5-14(8-12)21-27(24,25)15-6-7-16-13(9-15)10-17(23)22(16)2/h3-9,21H,10H2,1-2H3. The van der Waals surface area contributed by atoms with E-state index in [1.807, 2.05) is 0 Å². The van der Waals surface area contributed by atoms with Crippen molar-refractivity contribution in [1.29, 1.82) is 0 Å². The van der Waals surface area contributed by atoms with E-state index in [2.05, 4.69) is 14.9 Å². The first-order valence-corrected chi connectivity index (χ1v) is 9.65. The van der Waals surface area contributed by atoms with Gasteiger partial charge in [-0.3, -0.25) is 9.52 Å². The van der Waals surface area contributed by atoms with E-state index in [0.717, 1.165) is 5.69 Å². The van der Waals surface area contributed by atoms with Gasteiger partial charge in [0.15, 0.2) is 5.82 Å². The number of aryl methyl sites for hydroxylation is 1. The van der Waals surface area contributed by atoms with Gasteiger partial charge in [0.1, 0.15) is 0 Å². The molecule has 0 saturated carbocycles. The summed E-state index contributed by atoms with van der Waals surface area (Å²) in [5.74, 6) is 0.747. The van der Waals surface area contributed by atoms with Crippen molar-refractivity contribution in [3.05, 3.63) is 53.9 Å². The average molecular weight is 384 g/mol. The second kappa shape index (κ2) is 6.20. The molecule has 3 aromatic rings. The van der Waals surface area contributed by atoms with Crippen LogP contribution in [0.5, 0.6) is 0 Å². The molecular formula is C18H16N4O4S. The molecule has 138 valence electrons. The average Bonchev–Trinajstić information content (AvgIpc) is 3.18. The Labute approximate surface area is 155 Å². The largest absolute Gasteiger partial charge is 0.334 e. The van der Waals surface area contributed by atoms with Crippen molar-refractivity contribution in [2.75, 3.05) is 16.7 Å². The van der Waals surface area contributed by atoms with E-state index in [1.54, 1.807) is 44.3 Å². The van der Waals surface area contributed by atoms with E-state index in [9.17, 15) is 13.2 Å². The highest BCUT2D eigenvalue weighted by Gasteiger charge is 2.26. The Balaban J connectivity index is 1.63. The molecule has 2 heterocycles. The monoisotopic (exact) mass is 384 g/mol. The first-order valence-electron chi connectivity index (χ1n) is 8.16. The number of carbonyl (C=O) groups excluding carboxylic acids is 1. The van der Waals surface area contributed by atoms with Gasteiger partial charge in [0.2, 0.25) is 5.91 Å². The third-order valence-corrected chi connectivity index (χ3v) is 5.71. The minimum absolute atomic E-state index is 0.0601. The van der Waals surface area contributed by atoms with Crippen LogP contribution in [0.15, 0.2) is 51.9 Å². The lowest BCUT2D eigenvalue weighted by Crippen LogP contribution is -2.20. The van der Waals surface area contributed by atoms with E-state index in [1.165, 1.54) is 17.0 Å². The van der Waals surface area contributed by atoms with Gasteiger partial charge in [-0.1, -0.05) is 11.2 Å². The molecule has 0 bridgehead atoms. The van der Waals surface area contributed by atoms with Crippen LogP contribution >= 0.6 is 0 Å². The molecule has 9 heteroatoms. The lowest BCUT2D eigenvalue weighted by atomic mass is 10.2. The van der Waals surface area contributed by atoms with Gasteiger partial charge in [-0.25, -0.2) is 8.42 Å². The van der Waals surface area contributed by atoms with Crippen molar-refractivity contribution in [2.24, 2.45) is 0 Å². The van der Waals surface area contributed by atoms with Crippen molar-refractivity contribution < 1.29 is 17.7 Å². The quantitative estimate of drug-likeness (QED) is 0.740. The van der Waals surface area contributed by atoms with Crippen LogP contribution in [0.3, 0.4) is 0 Å². The van der Waals surface area contributed by atoms with Crippen LogP contribution in [0.4, 0.5) is 11.4 Å². The third kappa shape index (κ3) is 3.17. The fraction of sp³-hybridized carbons (Fsp3) is 0.167. The molecule has 1 N–H and O–H groups in total. The lowest BCUT2D eigenvalue weighted by Gasteiger charge is -2.12. The molecule has 0 radical (unpaired) electrons. The maximum atomic E-state index is 12.8. The van der Waals surface area contributed by atoms with Gasteiger partial charge in [0.25, 0.3) is 15.9 Å². The summed E-state index contributed by atoms with van der Waals surface area (Å²) in [6, 6.07) is 11.4. The van der Waals surface area contributed by atoms with Crippen LogP contribution in [-0.4, -0.2) is 31.5 Å². The van der Waals surface area contributed by atoms with Crippen LogP contribution in [0.25, 0.3) is 11.5 Å². The Morgan fingerprint density at radius 2 is 2.00 bits per heavy atom. The Hall–Kier alpha value is -3.20. The molecule has 0 spiro atoms. The predicted molar refractivity (Wildman–Crippen MR) is 98.8 cm³/mol. The number of fused-ring (bicyclic) bond motifs is 1. The van der Waals surface area contributed by atoms with Crippen LogP contribution in [0, 0.1) is 6.92 Å². The van der Waals surface area contributed by atoms with Crippen molar-refractivity contribution in [3.63, 3.8) is 0 Å². The molecule has 0 unspecified atom stereocenters. The summed E-state index contributed by atoms with van der Waals surface area (Å²) in [6.07, 6.45) is 0.196. The number of rotatable bonds is 4. The molecule has 1 aromatic heterocycles. The Bertz CT molecular complexity index is 1150. The molecule has 1 aliphatic rings. The maximum absolute atomic E-state index is 12.8. The summed E-state index contributed by atoms with van der Waals surface area (Å²) < 4.78 is 33.2. The van der Waals surface area contributed by atoms with Gasteiger partial charge in [0, 0.05) is 24.0 Å². The zero-order valence-corrected chi connectivity index (χ0v) is 15.4. The molecule has 0 aliphatic carbocycles. The molecule has 2 aromatic carbocycles. The number of amides is 1. The second-order valence-electron chi connectivity index (χ2n) is 6.25. The Morgan fingerprint density at radius 1 is 1.19 bits per heavy atom. The van der Waals surface area contributed by atoms with Gasteiger partial charge < -0.3 is 9.42 Å². The smallest absolute Gasteiger partial charge is 0.261 e. The number of anilines is 2. The Morgan fingerprint density at radius 3 is 2.74 bits per heavy atom. The van der Waals surface area contributed by atoms with Gasteiger partial charge in [-0.05, 0) is 48.9 Å². The molecule has 1 amide bonds. The molecule has 27 heavy (non-hydrogen) atoms. The number of nitrogens with one attached hydrogen (secondary N) is 1. The summed E-state index contributed by atoms with van der Waals surface area (Å²) in [7, 11) is -2.14. The molecule has 4 rings (SSSR count). The number of carbonyl (C=O) groups is 1. The van der Waals surface area contributed by atoms with Crippen LogP contribution in [0.1, 0.15) is 11.4 Å². The van der Waals surface area contributed by atoms with Crippen LogP contribution < -0.4 is 9.62 Å². The van der Waals surface area contributed by atoms with Crippen molar-refractivity contribution in [3.8, 4) is 11.5 Å². The third-order valence-electron chi connectivity index (χ3n) is 4.33. The van der Waals surface area contributed by atoms with Crippen LogP contribution in [0.2, 0.25) is 0 Å². The minimum Gasteiger partial charge on any atom is -0.334 e. The molecule has 0 atom stereocenters. The minimum atomic E-state index is -3.81. The van der Waals surface area contributed by atoms with E-state index in [0.29, 0.717) is 28.5 Å². The number of hydrogen-bond donors (Lipinski definition) is 1. The number of benzene rings is 2. The van der Waals surface area contributed by atoms with Crippen molar-refractivity contribution >= 4 is 27.3 Å². The van der Waals surface area contributed by atoms with E-state index >= 15 is 0 Å². The zero-order chi connectivity index (χ0) is 19.2. The SMILES string of the molecule is Cc1noc(-c2cccc(NS(=O)(=O)c3ccc4c(c3)CC(=O)N4C)c2)n1. The summed E-state index contributed by atoms with van der Waals surface area (Å²) in [4.78, 5) is 17.6. The number of nitrogens with zero attached hydrogens (tertiary/aromatic N) is 3. The molecule has 0 fully saturated rings. The second-order valence-corrected chi connectivity index (χ2v) is 7.94. The zero-order valence-electron chi connectivity index (χ0n) is 14.6. The van der Waals surface area contributed by atoms with Gasteiger partial charge >= 0.3 is 0 Å².